The zero-order valence-corrected chi connectivity index (χ0v) is 17.1. The highest BCUT2D eigenvalue weighted by molar-refractivity contribution is 6.01. The number of nitrogens with one attached hydrogen (secondary N) is 1. The molecule has 2 heterocycles. The van der Waals surface area contributed by atoms with Gasteiger partial charge in [0.25, 0.3) is 5.91 Å². The highest BCUT2D eigenvalue weighted by Crippen LogP contribution is 2.30. The minimum atomic E-state index is -0.443. The van der Waals surface area contributed by atoms with Gasteiger partial charge in [0.15, 0.2) is 0 Å². The van der Waals surface area contributed by atoms with E-state index in [-0.39, 0.29) is 17.7 Å². The summed E-state index contributed by atoms with van der Waals surface area (Å²) in [7, 11) is 0. The number of amides is 2. The van der Waals surface area contributed by atoms with E-state index in [1.807, 2.05) is 37.3 Å². The van der Waals surface area contributed by atoms with Crippen molar-refractivity contribution in [1.29, 1.82) is 0 Å². The molecule has 1 aliphatic rings. The number of fused-ring (bicyclic) bond motifs is 1. The van der Waals surface area contributed by atoms with Crippen LogP contribution in [0, 0.1) is 12.8 Å². The maximum absolute atomic E-state index is 13.0. The van der Waals surface area contributed by atoms with Crippen molar-refractivity contribution >= 4 is 22.8 Å². The van der Waals surface area contributed by atoms with E-state index in [0.29, 0.717) is 30.8 Å². The van der Waals surface area contributed by atoms with Crippen LogP contribution in [0.25, 0.3) is 22.1 Å². The van der Waals surface area contributed by atoms with Crippen molar-refractivity contribution in [2.75, 3.05) is 19.6 Å². The Morgan fingerprint density at radius 1 is 1.13 bits per heavy atom. The third kappa shape index (κ3) is 3.99. The summed E-state index contributed by atoms with van der Waals surface area (Å²) < 4.78 is 5.43. The van der Waals surface area contributed by atoms with Gasteiger partial charge in [-0.05, 0) is 48.6 Å². The second-order valence-electron chi connectivity index (χ2n) is 7.85. The van der Waals surface area contributed by atoms with Gasteiger partial charge in [-0.25, -0.2) is 4.79 Å². The molecule has 1 fully saturated rings. The molecule has 6 nitrogen and oxygen atoms in total. The number of likely N-dealkylation sites (tertiary alicyclic amines) is 1. The van der Waals surface area contributed by atoms with E-state index in [0.717, 1.165) is 28.5 Å². The number of rotatable bonds is 4. The lowest BCUT2D eigenvalue weighted by molar-refractivity contribution is -0.119. The van der Waals surface area contributed by atoms with Crippen molar-refractivity contribution in [3.8, 4) is 11.1 Å². The van der Waals surface area contributed by atoms with Gasteiger partial charge < -0.3 is 14.6 Å². The molecule has 0 aliphatic carbocycles. The summed E-state index contributed by atoms with van der Waals surface area (Å²) in [5.41, 5.74) is 3.28. The molecule has 2 amide bonds. The summed E-state index contributed by atoms with van der Waals surface area (Å²) in [6.07, 6.45) is 0.853. The first-order valence-electron chi connectivity index (χ1n) is 10.1. The molecular weight excluding hydrogens is 380 g/mol. The lowest BCUT2D eigenvalue weighted by Crippen LogP contribution is -2.32. The van der Waals surface area contributed by atoms with Crippen LogP contribution in [0.5, 0.6) is 0 Å². The van der Waals surface area contributed by atoms with Gasteiger partial charge in [0, 0.05) is 49.1 Å². The summed E-state index contributed by atoms with van der Waals surface area (Å²) in [5, 5.41) is 3.61. The molecule has 0 spiro atoms. The number of carbonyl (C=O) groups excluding carboxylic acids is 2. The minimum absolute atomic E-state index is 0.0613. The van der Waals surface area contributed by atoms with Crippen LogP contribution in [0.2, 0.25) is 0 Å². The van der Waals surface area contributed by atoms with Crippen LogP contribution in [-0.4, -0.2) is 36.3 Å². The van der Waals surface area contributed by atoms with Crippen molar-refractivity contribution in [3.05, 3.63) is 70.1 Å². The summed E-state index contributed by atoms with van der Waals surface area (Å²) >= 11 is 0. The molecule has 3 aromatic rings. The Hall–Kier alpha value is -3.41. The monoisotopic (exact) mass is 404 g/mol. The average Bonchev–Trinajstić information content (AvgIpc) is 3.20. The fourth-order valence-electron chi connectivity index (χ4n) is 4.05. The second-order valence-corrected chi connectivity index (χ2v) is 7.85. The highest BCUT2D eigenvalue weighted by atomic mass is 16.4. The quantitative estimate of drug-likeness (QED) is 0.676. The molecular formula is C24H24N2O4. The zero-order chi connectivity index (χ0) is 21.3. The number of hydrogen-bond acceptors (Lipinski definition) is 4. The Labute approximate surface area is 174 Å². The molecule has 2 aromatic carbocycles. The Kier molecular flexibility index (Phi) is 5.40. The summed E-state index contributed by atoms with van der Waals surface area (Å²) in [4.78, 5) is 38.1. The number of aryl methyl sites for hydroxylation is 1. The summed E-state index contributed by atoms with van der Waals surface area (Å²) in [6.45, 7) is 5.31. The summed E-state index contributed by atoms with van der Waals surface area (Å²) in [5.74, 6) is 0.101. The van der Waals surface area contributed by atoms with Crippen LogP contribution in [-0.2, 0) is 4.79 Å². The first-order chi connectivity index (χ1) is 14.4. The van der Waals surface area contributed by atoms with E-state index in [4.69, 9.17) is 4.42 Å². The van der Waals surface area contributed by atoms with Crippen molar-refractivity contribution in [2.45, 2.75) is 20.3 Å². The maximum atomic E-state index is 13.0. The molecule has 0 radical (unpaired) electrons. The number of carbonyl (C=O) groups is 2. The lowest BCUT2D eigenvalue weighted by atomic mass is 9.97. The molecule has 0 unspecified atom stereocenters. The lowest BCUT2D eigenvalue weighted by Gasteiger charge is -2.17. The first kappa shape index (κ1) is 19.9. The van der Waals surface area contributed by atoms with Crippen molar-refractivity contribution in [1.82, 2.24) is 10.2 Å². The summed E-state index contributed by atoms with van der Waals surface area (Å²) in [6, 6.07) is 14.7. The van der Waals surface area contributed by atoms with Gasteiger partial charge in [-0.1, -0.05) is 24.3 Å². The van der Waals surface area contributed by atoms with Crippen LogP contribution < -0.4 is 10.9 Å². The minimum Gasteiger partial charge on any atom is -0.423 e. The van der Waals surface area contributed by atoms with Gasteiger partial charge >= 0.3 is 5.63 Å². The maximum Gasteiger partial charge on any atom is 0.336 e. The van der Waals surface area contributed by atoms with E-state index in [9.17, 15) is 14.4 Å². The zero-order valence-electron chi connectivity index (χ0n) is 17.1. The third-order valence-corrected chi connectivity index (χ3v) is 5.64. The average molecular weight is 404 g/mol. The molecule has 154 valence electrons. The molecule has 1 saturated heterocycles. The Bertz CT molecular complexity index is 1180. The molecule has 0 saturated carbocycles. The SMILES string of the molecule is CC(=O)NC[C@@H]1CCN(C(=O)c2ccc3c(-c4ccccc4C)cc(=O)oc3c2)C1. The van der Waals surface area contributed by atoms with Gasteiger partial charge in [-0.15, -0.1) is 0 Å². The molecule has 1 aliphatic heterocycles. The number of nitrogens with zero attached hydrogens (tertiary/aromatic N) is 1. The van der Waals surface area contributed by atoms with E-state index < -0.39 is 5.63 Å². The Morgan fingerprint density at radius 3 is 2.70 bits per heavy atom. The van der Waals surface area contributed by atoms with Crippen molar-refractivity contribution in [2.24, 2.45) is 5.92 Å². The predicted octanol–water partition coefficient (Wildman–Crippen LogP) is 3.37. The molecule has 4 rings (SSSR count). The topological polar surface area (TPSA) is 79.6 Å². The van der Waals surface area contributed by atoms with E-state index in [1.165, 1.54) is 13.0 Å². The molecule has 30 heavy (non-hydrogen) atoms. The van der Waals surface area contributed by atoms with Crippen LogP contribution >= 0.6 is 0 Å². The fourth-order valence-corrected chi connectivity index (χ4v) is 4.05. The molecule has 0 bridgehead atoms. The second kappa shape index (κ2) is 8.14. The molecule has 1 N–H and O–H groups in total. The van der Waals surface area contributed by atoms with Gasteiger partial charge in [0.05, 0.1) is 0 Å². The van der Waals surface area contributed by atoms with Crippen molar-refractivity contribution < 1.29 is 14.0 Å². The fraction of sp³-hybridized carbons (Fsp3) is 0.292. The van der Waals surface area contributed by atoms with E-state index >= 15 is 0 Å². The van der Waals surface area contributed by atoms with Gasteiger partial charge in [-0.3, -0.25) is 9.59 Å². The predicted molar refractivity (Wildman–Crippen MR) is 115 cm³/mol. The number of hydrogen-bond donors (Lipinski definition) is 1. The Morgan fingerprint density at radius 2 is 1.93 bits per heavy atom. The molecule has 1 atom stereocenters. The standard InChI is InChI=1S/C24H24N2O4/c1-15-5-3-4-6-19(15)21-12-23(28)30-22-11-18(7-8-20(21)22)24(29)26-10-9-17(14-26)13-25-16(2)27/h3-8,11-12,17H,9-10,13-14H2,1-2H3,(H,25,27)/t17-/m0/s1. The van der Waals surface area contributed by atoms with E-state index in [1.54, 1.807) is 17.0 Å². The van der Waals surface area contributed by atoms with Gasteiger partial charge in [0.1, 0.15) is 5.58 Å². The largest absolute Gasteiger partial charge is 0.423 e. The van der Waals surface area contributed by atoms with Crippen LogP contribution in [0.1, 0.15) is 29.3 Å². The third-order valence-electron chi connectivity index (χ3n) is 5.64. The van der Waals surface area contributed by atoms with Crippen LogP contribution in [0.3, 0.4) is 0 Å². The Balaban J connectivity index is 1.63. The van der Waals surface area contributed by atoms with Gasteiger partial charge in [0.2, 0.25) is 5.91 Å². The normalized spacial score (nSPS) is 16.1. The molecule has 1 aromatic heterocycles. The van der Waals surface area contributed by atoms with Crippen molar-refractivity contribution in [3.63, 3.8) is 0 Å². The van der Waals surface area contributed by atoms with E-state index in [2.05, 4.69) is 5.32 Å². The smallest absolute Gasteiger partial charge is 0.336 e. The van der Waals surface area contributed by atoms with Crippen LogP contribution in [0.4, 0.5) is 0 Å². The van der Waals surface area contributed by atoms with Crippen LogP contribution in [0.15, 0.2) is 57.7 Å². The number of benzene rings is 2. The molecule has 6 heteroatoms. The highest BCUT2D eigenvalue weighted by Gasteiger charge is 2.27. The first-order valence-corrected chi connectivity index (χ1v) is 10.1. The van der Waals surface area contributed by atoms with Gasteiger partial charge in [-0.2, -0.15) is 0 Å².